The van der Waals surface area contributed by atoms with E-state index in [1.165, 1.54) is 17.2 Å². The van der Waals surface area contributed by atoms with E-state index in [0.717, 1.165) is 43.2 Å². The minimum absolute atomic E-state index is 0.105. The van der Waals surface area contributed by atoms with Gasteiger partial charge in [0.2, 0.25) is 5.43 Å². The highest BCUT2D eigenvalue weighted by atomic mass is 16.5. The molecule has 0 N–H and O–H groups in total. The molecule has 210 valence electrons. The molecule has 0 saturated carbocycles. The van der Waals surface area contributed by atoms with Crippen molar-refractivity contribution in [2.45, 2.75) is 51.7 Å². The maximum absolute atomic E-state index is 14.1. The van der Waals surface area contributed by atoms with Crippen molar-refractivity contribution in [2.75, 3.05) is 18.2 Å². The number of hydrogen-bond acceptors (Lipinski definition) is 4. The normalized spacial score (nSPS) is 19.3. The molecule has 6 rings (SSSR count). The van der Waals surface area contributed by atoms with Gasteiger partial charge in [-0.3, -0.25) is 19.3 Å². The number of amides is 1. The van der Waals surface area contributed by atoms with Crippen LogP contribution in [0.4, 0.5) is 0 Å². The summed E-state index contributed by atoms with van der Waals surface area (Å²) in [6, 6.07) is 30.2. The third kappa shape index (κ3) is 5.64. The van der Waals surface area contributed by atoms with Crippen molar-refractivity contribution >= 4 is 5.91 Å². The average molecular weight is 548 g/mol. The van der Waals surface area contributed by atoms with E-state index in [1.54, 1.807) is 6.20 Å². The number of rotatable bonds is 4. The van der Waals surface area contributed by atoms with Crippen molar-refractivity contribution < 1.29 is 9.53 Å². The summed E-state index contributed by atoms with van der Waals surface area (Å²) in [6.45, 7) is 3.56. The molecule has 0 saturated heterocycles. The molecule has 3 aromatic carbocycles. The molecule has 2 bridgehead atoms. The lowest BCUT2D eigenvalue weighted by atomic mass is 9.90. The summed E-state index contributed by atoms with van der Waals surface area (Å²) in [7, 11) is 0. The second-order valence-corrected chi connectivity index (χ2v) is 11.3. The van der Waals surface area contributed by atoms with Crippen molar-refractivity contribution in [3.05, 3.63) is 135 Å². The summed E-state index contributed by atoms with van der Waals surface area (Å²) in [5.41, 5.74) is 4.62. The summed E-state index contributed by atoms with van der Waals surface area (Å²) >= 11 is 0. The van der Waals surface area contributed by atoms with Gasteiger partial charge in [-0.15, -0.1) is 0 Å². The van der Waals surface area contributed by atoms with Crippen LogP contribution in [0.15, 0.2) is 102 Å². The number of carbonyl (C=O) groups is 1. The SMILES string of the molecule is CC1CCCc2ccccc2C(c2ccccc2)N2CN(CCC1)C(=O)c1c(OCc3ccccc3)c(=O)ccn12. The zero-order valence-electron chi connectivity index (χ0n) is 23.6. The molecule has 6 heteroatoms. The number of pyridine rings is 1. The van der Waals surface area contributed by atoms with Crippen LogP contribution in [0.1, 0.15) is 71.4 Å². The Labute approximate surface area is 241 Å². The van der Waals surface area contributed by atoms with Crippen LogP contribution in [0.3, 0.4) is 0 Å². The first-order valence-electron chi connectivity index (χ1n) is 14.7. The second kappa shape index (κ2) is 12.0. The fourth-order valence-corrected chi connectivity index (χ4v) is 6.22. The van der Waals surface area contributed by atoms with Crippen molar-refractivity contribution in [3.63, 3.8) is 0 Å². The number of ether oxygens (including phenoxy) is 1. The molecule has 3 heterocycles. The molecular formula is C35H37N3O3. The first-order chi connectivity index (χ1) is 20.1. The summed E-state index contributed by atoms with van der Waals surface area (Å²) in [4.78, 5) is 29.3. The smallest absolute Gasteiger partial charge is 0.277 e. The summed E-state index contributed by atoms with van der Waals surface area (Å²) in [5.74, 6) is 0.530. The van der Waals surface area contributed by atoms with E-state index in [-0.39, 0.29) is 29.7 Å². The van der Waals surface area contributed by atoms with Gasteiger partial charge in [0, 0.05) is 18.8 Å². The Kier molecular flexibility index (Phi) is 7.90. The molecule has 1 amide bonds. The highest BCUT2D eigenvalue weighted by Gasteiger charge is 2.37. The van der Waals surface area contributed by atoms with Gasteiger partial charge in [0.15, 0.2) is 11.4 Å². The summed E-state index contributed by atoms with van der Waals surface area (Å²) in [5, 5.41) is 2.22. The molecule has 6 nitrogen and oxygen atoms in total. The van der Waals surface area contributed by atoms with Gasteiger partial charge in [-0.2, -0.15) is 0 Å². The molecule has 2 atom stereocenters. The molecule has 1 aromatic heterocycles. The lowest BCUT2D eigenvalue weighted by Crippen LogP contribution is -2.56. The summed E-state index contributed by atoms with van der Waals surface area (Å²) in [6.07, 6.45) is 7.01. The number of carbonyl (C=O) groups excluding carboxylic acids is 1. The Morgan fingerprint density at radius 2 is 1.54 bits per heavy atom. The Balaban J connectivity index is 1.52. The lowest BCUT2D eigenvalue weighted by molar-refractivity contribution is 0.0671. The van der Waals surface area contributed by atoms with Gasteiger partial charge in [0.1, 0.15) is 13.3 Å². The maximum atomic E-state index is 14.1. The van der Waals surface area contributed by atoms with Gasteiger partial charge >= 0.3 is 0 Å². The van der Waals surface area contributed by atoms with Gasteiger partial charge in [-0.25, -0.2) is 0 Å². The standard InChI is InChI=1S/C35H37N3O3/c1-26-12-10-19-28-16-8-9-20-30(28)32(29-17-6-3-7-18-29)38-25-36(22-11-13-26)35(40)33-34(31(39)21-23-37(33)38)41-24-27-14-4-2-5-15-27/h2-9,14-18,20-21,23,26,32H,10-13,19,22,24-25H2,1H3. The Bertz CT molecular complexity index is 1550. The van der Waals surface area contributed by atoms with Gasteiger partial charge in [-0.05, 0) is 53.9 Å². The number of benzene rings is 3. The quantitative estimate of drug-likeness (QED) is 0.300. The summed E-state index contributed by atoms with van der Waals surface area (Å²) < 4.78 is 8.04. The first-order valence-corrected chi connectivity index (χ1v) is 14.7. The van der Waals surface area contributed by atoms with E-state index in [2.05, 4.69) is 60.5 Å². The van der Waals surface area contributed by atoms with Crippen LogP contribution >= 0.6 is 0 Å². The van der Waals surface area contributed by atoms with E-state index in [9.17, 15) is 9.59 Å². The predicted molar refractivity (Wildman–Crippen MR) is 162 cm³/mol. The third-order valence-electron chi connectivity index (χ3n) is 8.37. The van der Waals surface area contributed by atoms with Crippen LogP contribution in [-0.4, -0.2) is 28.7 Å². The van der Waals surface area contributed by atoms with Gasteiger partial charge in [-0.1, -0.05) is 98.3 Å². The van der Waals surface area contributed by atoms with E-state index in [1.807, 2.05) is 46.0 Å². The predicted octanol–water partition coefficient (Wildman–Crippen LogP) is 6.32. The Morgan fingerprint density at radius 3 is 2.34 bits per heavy atom. The highest BCUT2D eigenvalue weighted by molar-refractivity contribution is 5.96. The first kappa shape index (κ1) is 26.9. The topological polar surface area (TPSA) is 54.8 Å². The fourth-order valence-electron chi connectivity index (χ4n) is 6.22. The number of fused-ring (bicyclic) bond motifs is 5. The maximum Gasteiger partial charge on any atom is 0.277 e. The van der Waals surface area contributed by atoms with E-state index < -0.39 is 0 Å². The Hall–Kier alpha value is -4.32. The van der Waals surface area contributed by atoms with Crippen molar-refractivity contribution in [2.24, 2.45) is 5.92 Å². The average Bonchev–Trinajstić information content (AvgIpc) is 3.01. The number of hydrogen-bond donors (Lipinski definition) is 0. The number of aromatic nitrogens is 1. The number of aryl methyl sites for hydroxylation is 1. The van der Waals surface area contributed by atoms with Crippen LogP contribution in [-0.2, 0) is 13.0 Å². The van der Waals surface area contributed by atoms with E-state index in [0.29, 0.717) is 24.8 Å². The molecule has 2 unspecified atom stereocenters. The molecule has 41 heavy (non-hydrogen) atoms. The van der Waals surface area contributed by atoms with Crippen molar-refractivity contribution in [3.8, 4) is 5.75 Å². The zero-order valence-corrected chi connectivity index (χ0v) is 23.6. The van der Waals surface area contributed by atoms with Gasteiger partial charge in [0.25, 0.3) is 5.91 Å². The second-order valence-electron chi connectivity index (χ2n) is 11.3. The molecule has 0 spiro atoms. The van der Waals surface area contributed by atoms with E-state index in [4.69, 9.17) is 4.74 Å². The molecule has 2 aliphatic heterocycles. The minimum Gasteiger partial charge on any atom is -0.482 e. The van der Waals surface area contributed by atoms with Crippen molar-refractivity contribution in [1.82, 2.24) is 9.58 Å². The van der Waals surface area contributed by atoms with Crippen LogP contribution in [0.25, 0.3) is 0 Å². The van der Waals surface area contributed by atoms with E-state index >= 15 is 0 Å². The largest absolute Gasteiger partial charge is 0.482 e. The van der Waals surface area contributed by atoms with Gasteiger partial charge in [0.05, 0.1) is 6.04 Å². The molecule has 2 aliphatic rings. The highest BCUT2D eigenvalue weighted by Crippen LogP contribution is 2.35. The van der Waals surface area contributed by atoms with Crippen LogP contribution in [0.5, 0.6) is 5.75 Å². The zero-order chi connectivity index (χ0) is 28.2. The Morgan fingerprint density at radius 1 is 0.829 bits per heavy atom. The third-order valence-corrected chi connectivity index (χ3v) is 8.37. The molecule has 0 fully saturated rings. The monoisotopic (exact) mass is 547 g/mol. The molecule has 0 aliphatic carbocycles. The number of nitrogens with zero attached hydrogens (tertiary/aromatic N) is 3. The van der Waals surface area contributed by atoms with Gasteiger partial charge < -0.3 is 9.64 Å². The molecule has 0 radical (unpaired) electrons. The fraction of sp³-hybridized carbons (Fsp3) is 0.314. The van der Waals surface area contributed by atoms with Crippen LogP contribution in [0.2, 0.25) is 0 Å². The molecule has 4 aromatic rings. The van der Waals surface area contributed by atoms with Crippen LogP contribution in [0, 0.1) is 5.92 Å². The lowest BCUT2D eigenvalue weighted by Gasteiger charge is -2.44. The minimum atomic E-state index is -0.287. The molecular weight excluding hydrogens is 510 g/mol. The van der Waals surface area contributed by atoms with Crippen molar-refractivity contribution in [1.29, 1.82) is 0 Å². The van der Waals surface area contributed by atoms with Crippen LogP contribution < -0.4 is 15.2 Å².